The predicted octanol–water partition coefficient (Wildman–Crippen LogP) is 4.49. The average molecular weight is 368 g/mol. The molecule has 0 amide bonds. The molecule has 0 fully saturated rings. The van der Waals surface area contributed by atoms with E-state index in [0.717, 1.165) is 41.7 Å². The van der Waals surface area contributed by atoms with E-state index in [-0.39, 0.29) is 11.6 Å². The summed E-state index contributed by atoms with van der Waals surface area (Å²) in [5, 5.41) is 4.41. The number of aromatic amines is 1. The Bertz CT molecular complexity index is 945. The molecule has 0 spiro atoms. The molecule has 5 heteroatoms. The van der Waals surface area contributed by atoms with Crippen LogP contribution in [0.3, 0.4) is 0 Å². The first-order valence-corrected chi connectivity index (χ1v) is 10.4. The minimum absolute atomic E-state index is 0.0259. The predicted molar refractivity (Wildman–Crippen MR) is 108 cm³/mol. The molecule has 0 radical (unpaired) electrons. The molecule has 3 aromatic rings. The molecule has 1 aromatic carbocycles. The van der Waals surface area contributed by atoms with Crippen LogP contribution in [0.2, 0.25) is 0 Å². The molecule has 0 saturated carbocycles. The molecule has 1 aliphatic rings. The van der Waals surface area contributed by atoms with Crippen molar-refractivity contribution >= 4 is 21.6 Å². The number of aromatic nitrogens is 2. The average Bonchev–Trinajstić information content (AvgIpc) is 3.04. The van der Waals surface area contributed by atoms with Crippen molar-refractivity contribution in [2.24, 2.45) is 0 Å². The van der Waals surface area contributed by atoms with Crippen LogP contribution >= 0.6 is 11.3 Å². The smallest absolute Gasteiger partial charge is 0.259 e. The highest BCUT2D eigenvalue weighted by atomic mass is 32.1. The Morgan fingerprint density at radius 1 is 1.23 bits per heavy atom. The van der Waals surface area contributed by atoms with Crippen molar-refractivity contribution in [2.45, 2.75) is 58.0 Å². The summed E-state index contributed by atoms with van der Waals surface area (Å²) < 4.78 is 0. The monoisotopic (exact) mass is 367 g/mol. The van der Waals surface area contributed by atoms with E-state index in [4.69, 9.17) is 4.98 Å². The summed E-state index contributed by atoms with van der Waals surface area (Å²) in [5.74, 6) is 0.734. The highest BCUT2D eigenvalue weighted by Crippen LogP contribution is 2.33. The third-order valence-corrected chi connectivity index (χ3v) is 6.35. The first-order chi connectivity index (χ1) is 12.8. The van der Waals surface area contributed by atoms with Crippen LogP contribution in [-0.4, -0.2) is 9.97 Å². The second-order valence-electron chi connectivity index (χ2n) is 7.04. The number of rotatable bonds is 6. The molecular formula is C21H25N3OS. The Hall–Kier alpha value is -1.98. The molecule has 4 rings (SSSR count). The van der Waals surface area contributed by atoms with E-state index in [1.54, 1.807) is 11.3 Å². The minimum atomic E-state index is 0.0259. The van der Waals surface area contributed by atoms with E-state index in [2.05, 4.69) is 41.5 Å². The summed E-state index contributed by atoms with van der Waals surface area (Å²) >= 11 is 1.71. The second-order valence-corrected chi connectivity index (χ2v) is 8.12. The molecule has 1 aliphatic carbocycles. The van der Waals surface area contributed by atoms with Gasteiger partial charge in [0.1, 0.15) is 10.7 Å². The molecule has 2 N–H and O–H groups in total. The molecule has 4 nitrogen and oxygen atoms in total. The maximum atomic E-state index is 12.7. The molecule has 2 heterocycles. The molecule has 1 atom stereocenters. The van der Waals surface area contributed by atoms with Crippen molar-refractivity contribution in [1.82, 2.24) is 15.3 Å². The number of hydrogen-bond acceptors (Lipinski definition) is 4. The molecule has 0 aliphatic heterocycles. The van der Waals surface area contributed by atoms with Gasteiger partial charge in [0, 0.05) is 10.9 Å². The topological polar surface area (TPSA) is 57.8 Å². The molecule has 136 valence electrons. The van der Waals surface area contributed by atoms with Crippen LogP contribution in [0.5, 0.6) is 0 Å². The molecule has 26 heavy (non-hydrogen) atoms. The number of fused-ring (bicyclic) bond motifs is 3. The van der Waals surface area contributed by atoms with Gasteiger partial charge in [-0.15, -0.1) is 11.3 Å². The van der Waals surface area contributed by atoms with Gasteiger partial charge < -0.3 is 10.3 Å². The van der Waals surface area contributed by atoms with Gasteiger partial charge >= 0.3 is 0 Å². The Balaban J connectivity index is 1.58. The van der Waals surface area contributed by atoms with Gasteiger partial charge in [-0.25, -0.2) is 4.98 Å². The lowest BCUT2D eigenvalue weighted by Gasteiger charge is -2.18. The fraction of sp³-hybridized carbons (Fsp3) is 0.429. The van der Waals surface area contributed by atoms with Crippen LogP contribution in [0.1, 0.15) is 60.5 Å². The van der Waals surface area contributed by atoms with Crippen LogP contribution < -0.4 is 10.9 Å². The molecule has 0 bridgehead atoms. The van der Waals surface area contributed by atoms with E-state index in [1.807, 2.05) is 6.07 Å². The summed E-state index contributed by atoms with van der Waals surface area (Å²) in [6.07, 6.45) is 6.68. The van der Waals surface area contributed by atoms with E-state index in [0.29, 0.717) is 6.54 Å². The third-order valence-electron chi connectivity index (χ3n) is 5.17. The Morgan fingerprint density at radius 2 is 2.04 bits per heavy atom. The zero-order valence-electron chi connectivity index (χ0n) is 15.2. The summed E-state index contributed by atoms with van der Waals surface area (Å²) in [6, 6.07) is 10.8. The van der Waals surface area contributed by atoms with Crippen molar-refractivity contribution < 1.29 is 0 Å². The summed E-state index contributed by atoms with van der Waals surface area (Å²) in [5.41, 5.74) is 2.56. The van der Waals surface area contributed by atoms with Gasteiger partial charge in [-0.2, -0.15) is 0 Å². The van der Waals surface area contributed by atoms with Crippen molar-refractivity contribution in [1.29, 1.82) is 0 Å². The maximum Gasteiger partial charge on any atom is 0.259 e. The van der Waals surface area contributed by atoms with Crippen LogP contribution in [0.25, 0.3) is 10.2 Å². The first kappa shape index (κ1) is 17.4. The van der Waals surface area contributed by atoms with Gasteiger partial charge in [0.15, 0.2) is 0 Å². The Labute approximate surface area is 157 Å². The Kier molecular flexibility index (Phi) is 5.18. The second kappa shape index (κ2) is 7.72. The van der Waals surface area contributed by atoms with E-state index in [9.17, 15) is 4.79 Å². The number of hydrogen-bond donors (Lipinski definition) is 2. The number of aryl methyl sites for hydroxylation is 2. The Morgan fingerprint density at radius 3 is 2.85 bits per heavy atom. The summed E-state index contributed by atoms with van der Waals surface area (Å²) in [4.78, 5) is 22.7. The lowest BCUT2D eigenvalue weighted by atomic mass is 9.97. The highest BCUT2D eigenvalue weighted by Gasteiger charge is 2.20. The lowest BCUT2D eigenvalue weighted by Crippen LogP contribution is -2.24. The lowest BCUT2D eigenvalue weighted by molar-refractivity contribution is 0.485. The molecule has 0 saturated heterocycles. The quantitative estimate of drug-likeness (QED) is 0.675. The van der Waals surface area contributed by atoms with Gasteiger partial charge in [-0.1, -0.05) is 43.7 Å². The molecule has 1 unspecified atom stereocenters. The third kappa shape index (κ3) is 3.46. The summed E-state index contributed by atoms with van der Waals surface area (Å²) in [7, 11) is 0. The highest BCUT2D eigenvalue weighted by molar-refractivity contribution is 7.18. The summed E-state index contributed by atoms with van der Waals surface area (Å²) in [6.45, 7) is 2.77. The van der Waals surface area contributed by atoms with E-state index >= 15 is 0 Å². The van der Waals surface area contributed by atoms with Crippen molar-refractivity contribution in [3.05, 3.63) is 62.5 Å². The van der Waals surface area contributed by atoms with Crippen LogP contribution in [-0.2, 0) is 19.4 Å². The fourth-order valence-corrected chi connectivity index (χ4v) is 5.15. The number of H-pyrrole nitrogens is 1. The van der Waals surface area contributed by atoms with Crippen molar-refractivity contribution in [2.75, 3.05) is 0 Å². The fourth-order valence-electron chi connectivity index (χ4n) is 3.87. The number of nitrogens with zero attached hydrogens (tertiary/aromatic N) is 1. The van der Waals surface area contributed by atoms with Gasteiger partial charge in [0.2, 0.25) is 0 Å². The number of benzene rings is 1. The van der Waals surface area contributed by atoms with Gasteiger partial charge in [0.25, 0.3) is 5.56 Å². The minimum Gasteiger partial charge on any atom is -0.309 e. The maximum absolute atomic E-state index is 12.7. The zero-order valence-corrected chi connectivity index (χ0v) is 16.0. The molecule has 2 aromatic heterocycles. The van der Waals surface area contributed by atoms with E-state index < -0.39 is 0 Å². The first-order valence-electron chi connectivity index (χ1n) is 9.58. The van der Waals surface area contributed by atoms with Gasteiger partial charge in [-0.3, -0.25) is 4.79 Å². The standard InChI is InChI=1S/C21H25N3OS/c1-2-8-16(14-9-4-3-5-10-14)22-13-18-23-20(25)19-15-11-6-7-12-17(15)26-21(19)24-18/h3-5,9-10,16,22H,2,6-8,11-13H2,1H3,(H,23,24,25). The van der Waals surface area contributed by atoms with Crippen LogP contribution in [0, 0.1) is 0 Å². The largest absolute Gasteiger partial charge is 0.309 e. The number of nitrogens with one attached hydrogen (secondary N) is 2. The van der Waals surface area contributed by atoms with Crippen molar-refractivity contribution in [3.63, 3.8) is 0 Å². The van der Waals surface area contributed by atoms with E-state index in [1.165, 1.54) is 28.8 Å². The number of thiophene rings is 1. The van der Waals surface area contributed by atoms with Gasteiger partial charge in [0.05, 0.1) is 11.9 Å². The SMILES string of the molecule is CCCC(NCc1nc2sc3c(c2c(=O)[nH]1)CCCC3)c1ccccc1. The van der Waals surface area contributed by atoms with Crippen LogP contribution in [0.15, 0.2) is 35.1 Å². The van der Waals surface area contributed by atoms with Crippen molar-refractivity contribution in [3.8, 4) is 0 Å². The molecular weight excluding hydrogens is 342 g/mol. The normalized spacial score (nSPS) is 15.1. The van der Waals surface area contributed by atoms with Crippen LogP contribution in [0.4, 0.5) is 0 Å². The van der Waals surface area contributed by atoms with Gasteiger partial charge in [-0.05, 0) is 43.2 Å². The zero-order chi connectivity index (χ0) is 17.9.